The zero-order valence-corrected chi connectivity index (χ0v) is 13.1. The van der Waals surface area contributed by atoms with Gasteiger partial charge in [-0.1, -0.05) is 24.2 Å². The highest BCUT2D eigenvalue weighted by atomic mass is 32.2. The van der Waals surface area contributed by atoms with Crippen LogP contribution in [0.1, 0.15) is 30.6 Å². The highest BCUT2D eigenvalue weighted by molar-refractivity contribution is 7.92. The van der Waals surface area contributed by atoms with Crippen LogP contribution in [0.5, 0.6) is 0 Å². The minimum absolute atomic E-state index is 0.110. The average Bonchev–Trinajstić information content (AvgIpc) is 2.85. The van der Waals surface area contributed by atoms with Gasteiger partial charge in [0, 0.05) is 12.1 Å². The normalized spacial score (nSPS) is 13.1. The molecule has 6 nitrogen and oxygen atoms in total. The van der Waals surface area contributed by atoms with Crippen molar-refractivity contribution in [3.05, 3.63) is 41.6 Å². The van der Waals surface area contributed by atoms with Gasteiger partial charge < -0.3 is 9.84 Å². The lowest BCUT2D eigenvalue weighted by atomic mass is 10.1. The van der Waals surface area contributed by atoms with Crippen LogP contribution in [0.2, 0.25) is 0 Å². The van der Waals surface area contributed by atoms with Crippen LogP contribution < -0.4 is 10.0 Å². The third-order valence-electron chi connectivity index (χ3n) is 3.19. The SMILES string of the molecule is CCC(NC)c1cccc(S(=O)(=O)Nc2cc(C)no2)c1. The van der Waals surface area contributed by atoms with E-state index in [0.29, 0.717) is 5.69 Å². The summed E-state index contributed by atoms with van der Waals surface area (Å²) in [5.74, 6) is 0.110. The lowest BCUT2D eigenvalue weighted by Gasteiger charge is -2.15. The number of rotatable bonds is 6. The third-order valence-corrected chi connectivity index (χ3v) is 4.53. The van der Waals surface area contributed by atoms with Gasteiger partial charge in [-0.2, -0.15) is 0 Å². The maximum atomic E-state index is 12.3. The predicted molar refractivity (Wildman–Crippen MR) is 80.6 cm³/mol. The monoisotopic (exact) mass is 309 g/mol. The third kappa shape index (κ3) is 3.62. The van der Waals surface area contributed by atoms with Gasteiger partial charge in [-0.25, -0.2) is 13.1 Å². The predicted octanol–water partition coefficient (Wildman–Crippen LogP) is 2.45. The van der Waals surface area contributed by atoms with Crippen LogP contribution in [-0.2, 0) is 10.0 Å². The zero-order valence-electron chi connectivity index (χ0n) is 12.3. The van der Waals surface area contributed by atoms with Crippen LogP contribution >= 0.6 is 0 Å². The highest BCUT2D eigenvalue weighted by Crippen LogP contribution is 2.22. The summed E-state index contributed by atoms with van der Waals surface area (Å²) in [7, 11) is -1.83. The van der Waals surface area contributed by atoms with E-state index >= 15 is 0 Å². The second kappa shape index (κ2) is 6.28. The molecule has 1 aromatic carbocycles. The Morgan fingerprint density at radius 3 is 2.67 bits per heavy atom. The molecular weight excluding hydrogens is 290 g/mol. The number of nitrogens with one attached hydrogen (secondary N) is 2. The molecule has 2 rings (SSSR count). The van der Waals surface area contributed by atoms with Gasteiger partial charge in [-0.3, -0.25) is 0 Å². The van der Waals surface area contributed by atoms with E-state index in [9.17, 15) is 8.42 Å². The van der Waals surface area contributed by atoms with Crippen molar-refractivity contribution >= 4 is 15.9 Å². The Hall–Kier alpha value is -1.86. The quantitative estimate of drug-likeness (QED) is 0.856. The van der Waals surface area contributed by atoms with Gasteiger partial charge >= 0.3 is 0 Å². The van der Waals surface area contributed by atoms with Crippen LogP contribution in [0, 0.1) is 6.92 Å². The summed E-state index contributed by atoms with van der Waals surface area (Å²) in [6.07, 6.45) is 0.870. The van der Waals surface area contributed by atoms with Crippen LogP contribution in [0.25, 0.3) is 0 Å². The van der Waals surface area contributed by atoms with E-state index in [-0.39, 0.29) is 16.8 Å². The Balaban J connectivity index is 2.29. The molecule has 0 saturated heterocycles. The Morgan fingerprint density at radius 2 is 2.10 bits per heavy atom. The van der Waals surface area contributed by atoms with E-state index in [0.717, 1.165) is 12.0 Å². The lowest BCUT2D eigenvalue weighted by Crippen LogP contribution is -2.17. The fraction of sp³-hybridized carbons (Fsp3) is 0.357. The average molecular weight is 309 g/mol. The molecule has 0 spiro atoms. The Morgan fingerprint density at radius 1 is 1.33 bits per heavy atom. The van der Waals surface area contributed by atoms with Gasteiger partial charge in [0.25, 0.3) is 10.0 Å². The number of hydrogen-bond acceptors (Lipinski definition) is 5. The minimum Gasteiger partial charge on any atom is -0.338 e. The zero-order chi connectivity index (χ0) is 15.5. The van der Waals surface area contributed by atoms with Gasteiger partial charge in [0.2, 0.25) is 5.88 Å². The molecule has 1 atom stereocenters. The Labute approximate surface area is 124 Å². The van der Waals surface area contributed by atoms with Crippen molar-refractivity contribution in [2.75, 3.05) is 11.8 Å². The van der Waals surface area contributed by atoms with E-state index in [1.807, 2.05) is 20.0 Å². The van der Waals surface area contributed by atoms with Gasteiger partial charge in [-0.05, 0) is 38.1 Å². The van der Waals surface area contributed by atoms with Crippen molar-refractivity contribution in [3.8, 4) is 0 Å². The number of nitrogens with zero attached hydrogens (tertiary/aromatic N) is 1. The van der Waals surface area contributed by atoms with Crippen LogP contribution in [0.3, 0.4) is 0 Å². The Kier molecular flexibility index (Phi) is 4.64. The second-order valence-corrected chi connectivity index (χ2v) is 6.44. The van der Waals surface area contributed by atoms with E-state index in [2.05, 4.69) is 15.2 Å². The number of benzene rings is 1. The molecule has 2 aromatic rings. The molecule has 114 valence electrons. The molecule has 2 N–H and O–H groups in total. The fourth-order valence-corrected chi connectivity index (χ4v) is 3.14. The number of hydrogen-bond donors (Lipinski definition) is 2. The molecule has 0 radical (unpaired) electrons. The van der Waals surface area contributed by atoms with Gasteiger partial charge in [0.05, 0.1) is 10.6 Å². The van der Waals surface area contributed by atoms with E-state index < -0.39 is 10.0 Å². The molecule has 0 aliphatic heterocycles. The van der Waals surface area contributed by atoms with Crippen molar-refractivity contribution in [1.82, 2.24) is 10.5 Å². The summed E-state index contributed by atoms with van der Waals surface area (Å²) in [6, 6.07) is 8.50. The highest BCUT2D eigenvalue weighted by Gasteiger charge is 2.18. The molecule has 0 aliphatic rings. The Bertz CT molecular complexity index is 706. The first-order valence-corrected chi connectivity index (χ1v) is 8.18. The van der Waals surface area contributed by atoms with Crippen molar-refractivity contribution in [3.63, 3.8) is 0 Å². The van der Waals surface area contributed by atoms with E-state index in [4.69, 9.17) is 4.52 Å². The van der Waals surface area contributed by atoms with Gasteiger partial charge in [0.1, 0.15) is 0 Å². The first-order valence-electron chi connectivity index (χ1n) is 6.69. The molecular formula is C14H19N3O3S. The number of sulfonamides is 1. The summed E-state index contributed by atoms with van der Waals surface area (Å²) < 4.78 is 32.0. The molecule has 0 aliphatic carbocycles. The second-order valence-electron chi connectivity index (χ2n) is 4.76. The van der Waals surface area contributed by atoms with E-state index in [1.165, 1.54) is 6.07 Å². The number of aromatic nitrogens is 1. The largest absolute Gasteiger partial charge is 0.338 e. The van der Waals surface area contributed by atoms with Crippen molar-refractivity contribution < 1.29 is 12.9 Å². The first kappa shape index (κ1) is 15.5. The summed E-state index contributed by atoms with van der Waals surface area (Å²) >= 11 is 0. The maximum absolute atomic E-state index is 12.3. The molecule has 21 heavy (non-hydrogen) atoms. The molecule has 0 fully saturated rings. The smallest absolute Gasteiger partial charge is 0.264 e. The summed E-state index contributed by atoms with van der Waals surface area (Å²) in [6.45, 7) is 3.76. The molecule has 0 amide bonds. The molecule has 7 heteroatoms. The molecule has 1 unspecified atom stereocenters. The number of anilines is 1. The summed E-state index contributed by atoms with van der Waals surface area (Å²) in [5, 5.41) is 6.81. The van der Waals surface area contributed by atoms with Gasteiger partial charge in [-0.15, -0.1) is 0 Å². The van der Waals surface area contributed by atoms with Crippen molar-refractivity contribution in [1.29, 1.82) is 0 Å². The summed E-state index contributed by atoms with van der Waals surface area (Å²) in [5.41, 5.74) is 1.54. The molecule has 0 bridgehead atoms. The molecule has 1 heterocycles. The van der Waals surface area contributed by atoms with Crippen LogP contribution in [0.15, 0.2) is 39.8 Å². The van der Waals surface area contributed by atoms with Crippen molar-refractivity contribution in [2.24, 2.45) is 0 Å². The first-order chi connectivity index (χ1) is 9.96. The van der Waals surface area contributed by atoms with Crippen molar-refractivity contribution in [2.45, 2.75) is 31.2 Å². The molecule has 1 aromatic heterocycles. The lowest BCUT2D eigenvalue weighted by molar-refractivity contribution is 0.430. The number of aryl methyl sites for hydroxylation is 1. The molecule has 0 saturated carbocycles. The maximum Gasteiger partial charge on any atom is 0.264 e. The van der Waals surface area contributed by atoms with E-state index in [1.54, 1.807) is 25.1 Å². The van der Waals surface area contributed by atoms with Gasteiger partial charge in [0.15, 0.2) is 0 Å². The van der Waals surface area contributed by atoms with Crippen LogP contribution in [-0.4, -0.2) is 20.6 Å². The van der Waals surface area contributed by atoms with Crippen LogP contribution in [0.4, 0.5) is 5.88 Å². The summed E-state index contributed by atoms with van der Waals surface area (Å²) in [4.78, 5) is 0.197. The standard InChI is InChI=1S/C14H19N3O3S/c1-4-13(15-3)11-6-5-7-12(9-11)21(18,19)17-14-8-10(2)16-20-14/h5-9,13,15,17H,4H2,1-3H3. The minimum atomic E-state index is -3.68. The topological polar surface area (TPSA) is 84.2 Å². The fourth-order valence-electron chi connectivity index (χ4n) is 2.11.